The second kappa shape index (κ2) is 9.52. The molecule has 40 heavy (non-hydrogen) atoms. The molecule has 1 rings (SSSR count). The van der Waals surface area contributed by atoms with Crippen LogP contribution in [0.4, 0.5) is 74.6 Å². The number of hydrogen-bond donors (Lipinski definition) is 2. The highest BCUT2D eigenvalue weighted by atomic mass is 19.4. The summed E-state index contributed by atoms with van der Waals surface area (Å²) in [5.41, 5.74) is -2.61. The maximum Gasteiger partial charge on any atom is 0.460 e. The fourth-order valence-electron chi connectivity index (χ4n) is 2.37. The molecule has 0 aliphatic heterocycles. The van der Waals surface area contributed by atoms with Gasteiger partial charge in [-0.05, 0) is 18.2 Å². The van der Waals surface area contributed by atoms with Crippen LogP contribution in [0.2, 0.25) is 0 Å². The third-order valence-corrected chi connectivity index (χ3v) is 4.59. The highest BCUT2D eigenvalue weighted by Crippen LogP contribution is 2.64. The fourth-order valence-corrected chi connectivity index (χ4v) is 2.37. The molecular formula is C17H5F17O6. The number of aromatic carboxylic acids is 2. The molecule has 0 saturated heterocycles. The molecule has 0 unspecified atom stereocenters. The number of carboxylic acids is 2. The van der Waals surface area contributed by atoms with Crippen molar-refractivity contribution in [3.63, 3.8) is 0 Å². The van der Waals surface area contributed by atoms with Crippen LogP contribution in [0, 0.1) is 0 Å². The van der Waals surface area contributed by atoms with E-state index in [1.165, 1.54) is 0 Å². The van der Waals surface area contributed by atoms with Gasteiger partial charge in [0.2, 0.25) is 0 Å². The van der Waals surface area contributed by atoms with Gasteiger partial charge < -0.3 is 14.9 Å². The SMILES string of the molecule is O=C(O)c1cc(OC(=O)C(F)(F)C(F)(F)C(F)(F)C(F)(F)C(F)(F)C(F)(F)C(F)(F)C(F)(F)F)cc(C(=O)O)c1. The van der Waals surface area contributed by atoms with Crippen molar-refractivity contribution < 1.29 is 104 Å². The van der Waals surface area contributed by atoms with Crippen molar-refractivity contribution in [1.29, 1.82) is 0 Å². The van der Waals surface area contributed by atoms with Crippen LogP contribution < -0.4 is 4.74 Å². The van der Waals surface area contributed by atoms with Crippen LogP contribution in [0.25, 0.3) is 0 Å². The zero-order valence-corrected chi connectivity index (χ0v) is 17.7. The Balaban J connectivity index is 3.66. The van der Waals surface area contributed by atoms with Gasteiger partial charge in [-0.25, -0.2) is 14.4 Å². The standard InChI is InChI=1S/C17H5F17O6/c18-10(19,9(39)40-6-2-4(7(35)36)1-5(3-6)8(37)38)11(20,21)12(22,23)13(24,25)14(26,27)15(28,29)16(30,31)17(32,33)34/h1-3H,(H,35,36)(H,37,38). The summed E-state index contributed by atoms with van der Waals surface area (Å²) in [5, 5.41) is 17.5. The second-order valence-corrected chi connectivity index (χ2v) is 7.26. The number of ether oxygens (including phenoxy) is 1. The number of carbonyl (C=O) groups is 3. The van der Waals surface area contributed by atoms with E-state index in [1.807, 2.05) is 0 Å². The van der Waals surface area contributed by atoms with Crippen molar-refractivity contribution in [3.8, 4) is 5.75 Å². The molecule has 0 radical (unpaired) electrons. The van der Waals surface area contributed by atoms with Crippen LogP contribution >= 0.6 is 0 Å². The Morgan fingerprint density at radius 1 is 0.500 bits per heavy atom. The minimum Gasteiger partial charge on any atom is -0.478 e. The van der Waals surface area contributed by atoms with Gasteiger partial charge in [0.05, 0.1) is 11.1 Å². The Morgan fingerprint density at radius 2 is 0.800 bits per heavy atom. The number of halogens is 17. The smallest absolute Gasteiger partial charge is 0.460 e. The van der Waals surface area contributed by atoms with Gasteiger partial charge in [-0.3, -0.25) is 0 Å². The molecule has 0 heterocycles. The predicted octanol–water partition coefficient (Wildman–Crippen LogP) is 6.00. The molecule has 6 nitrogen and oxygen atoms in total. The van der Waals surface area contributed by atoms with E-state index in [0.717, 1.165) is 0 Å². The summed E-state index contributed by atoms with van der Waals surface area (Å²) >= 11 is 0. The van der Waals surface area contributed by atoms with E-state index in [1.54, 1.807) is 0 Å². The van der Waals surface area contributed by atoms with Crippen molar-refractivity contribution >= 4 is 17.9 Å². The molecular weight excluding hydrogens is 623 g/mol. The molecule has 0 spiro atoms. The maximum absolute atomic E-state index is 13.9. The molecule has 0 aliphatic carbocycles. The number of carboxylic acid groups (broad SMARTS) is 2. The first-order chi connectivity index (χ1) is 17.4. The lowest BCUT2D eigenvalue weighted by Gasteiger charge is -2.42. The lowest BCUT2D eigenvalue weighted by atomic mass is 9.89. The molecule has 0 amide bonds. The van der Waals surface area contributed by atoms with Crippen molar-refractivity contribution in [2.24, 2.45) is 0 Å². The molecule has 0 atom stereocenters. The molecule has 0 saturated carbocycles. The Kier molecular flexibility index (Phi) is 8.21. The number of carbonyl (C=O) groups excluding carboxylic acids is 1. The molecule has 2 N–H and O–H groups in total. The zero-order valence-electron chi connectivity index (χ0n) is 17.7. The van der Waals surface area contributed by atoms with Crippen LogP contribution in [0.3, 0.4) is 0 Å². The van der Waals surface area contributed by atoms with Gasteiger partial charge in [-0.1, -0.05) is 0 Å². The molecule has 1 aromatic rings. The van der Waals surface area contributed by atoms with Gasteiger partial charge in [-0.15, -0.1) is 0 Å². The van der Waals surface area contributed by atoms with Gasteiger partial charge in [-0.2, -0.15) is 74.6 Å². The molecule has 0 fully saturated rings. The van der Waals surface area contributed by atoms with E-state index in [4.69, 9.17) is 10.2 Å². The quantitative estimate of drug-likeness (QED) is 0.188. The third kappa shape index (κ3) is 4.81. The maximum atomic E-state index is 13.9. The summed E-state index contributed by atoms with van der Waals surface area (Å²) in [4.78, 5) is 33.2. The van der Waals surface area contributed by atoms with E-state index >= 15 is 0 Å². The van der Waals surface area contributed by atoms with E-state index in [2.05, 4.69) is 4.74 Å². The Bertz CT molecular complexity index is 1160. The van der Waals surface area contributed by atoms with E-state index in [9.17, 15) is 89.0 Å². The van der Waals surface area contributed by atoms with Crippen LogP contribution in [-0.2, 0) is 4.79 Å². The first kappa shape index (κ1) is 34.5. The largest absolute Gasteiger partial charge is 0.478 e. The summed E-state index contributed by atoms with van der Waals surface area (Å²) in [5.74, 6) is -70.0. The molecule has 23 heteroatoms. The summed E-state index contributed by atoms with van der Waals surface area (Å²) in [6, 6.07) is -0.0778. The summed E-state index contributed by atoms with van der Waals surface area (Å²) < 4.78 is 228. The number of benzene rings is 1. The van der Waals surface area contributed by atoms with Crippen LogP contribution in [0.1, 0.15) is 20.7 Å². The van der Waals surface area contributed by atoms with Crippen LogP contribution in [0.15, 0.2) is 18.2 Å². The second-order valence-electron chi connectivity index (χ2n) is 7.26. The third-order valence-electron chi connectivity index (χ3n) is 4.59. The Labute approximate surface area is 205 Å². The van der Waals surface area contributed by atoms with E-state index < -0.39 is 82.4 Å². The van der Waals surface area contributed by atoms with Gasteiger partial charge in [0, 0.05) is 0 Å². The average molecular weight is 628 g/mol. The summed E-state index contributed by atoms with van der Waals surface area (Å²) in [6.45, 7) is 0. The number of hydrogen-bond acceptors (Lipinski definition) is 4. The monoisotopic (exact) mass is 628 g/mol. The molecule has 1 aromatic carbocycles. The number of rotatable bonds is 10. The van der Waals surface area contributed by atoms with Gasteiger partial charge in [0.15, 0.2) is 0 Å². The van der Waals surface area contributed by atoms with Gasteiger partial charge in [0.1, 0.15) is 5.75 Å². The molecule has 0 aliphatic rings. The van der Waals surface area contributed by atoms with Crippen molar-refractivity contribution in [2.75, 3.05) is 0 Å². The van der Waals surface area contributed by atoms with Crippen molar-refractivity contribution in [3.05, 3.63) is 29.3 Å². The predicted molar refractivity (Wildman–Crippen MR) is 86.7 cm³/mol. The lowest BCUT2D eigenvalue weighted by Crippen LogP contribution is -2.75. The topological polar surface area (TPSA) is 101 Å². The zero-order chi connectivity index (χ0) is 32.3. The normalized spacial score (nSPS) is 14.6. The first-order valence-electron chi connectivity index (χ1n) is 8.91. The average Bonchev–Trinajstić information content (AvgIpc) is 2.76. The van der Waals surface area contributed by atoms with E-state index in [0.29, 0.717) is 0 Å². The highest BCUT2D eigenvalue weighted by molar-refractivity contribution is 5.95. The molecule has 0 bridgehead atoms. The Hall–Kier alpha value is -3.56. The highest BCUT2D eigenvalue weighted by Gasteiger charge is 2.96. The summed E-state index contributed by atoms with van der Waals surface area (Å²) in [7, 11) is 0. The number of esters is 1. The van der Waals surface area contributed by atoms with E-state index in [-0.39, 0.29) is 18.2 Å². The van der Waals surface area contributed by atoms with Crippen molar-refractivity contribution in [1.82, 2.24) is 0 Å². The first-order valence-corrected chi connectivity index (χ1v) is 8.91. The summed E-state index contributed by atoms with van der Waals surface area (Å²) in [6.07, 6.45) is -7.93. The van der Waals surface area contributed by atoms with Crippen LogP contribution in [0.5, 0.6) is 5.75 Å². The minimum absolute atomic E-state index is 0.137. The van der Waals surface area contributed by atoms with Gasteiger partial charge in [0.25, 0.3) is 0 Å². The molecule has 0 aromatic heterocycles. The van der Waals surface area contributed by atoms with Crippen LogP contribution in [-0.4, -0.2) is 75.8 Å². The fraction of sp³-hybridized carbons (Fsp3) is 0.471. The number of alkyl halides is 17. The lowest BCUT2D eigenvalue weighted by molar-refractivity contribution is -0.459. The van der Waals surface area contributed by atoms with Crippen molar-refractivity contribution in [2.45, 2.75) is 47.6 Å². The Morgan fingerprint density at radius 3 is 1.10 bits per heavy atom. The minimum atomic E-state index is -8.93. The van der Waals surface area contributed by atoms with Gasteiger partial charge >= 0.3 is 65.5 Å². The molecule has 228 valence electrons.